The number of rotatable bonds is 5. The molecule has 0 aromatic carbocycles. The Morgan fingerprint density at radius 3 is 2.41 bits per heavy atom. The minimum atomic E-state index is 0.795. The summed E-state index contributed by atoms with van der Waals surface area (Å²) in [6.07, 6.45) is 14.2. The largest absolute Gasteiger partial charge is 0.314 e. The third-order valence-electron chi connectivity index (χ3n) is 4.92. The van der Waals surface area contributed by atoms with Gasteiger partial charge in [-0.15, -0.1) is 0 Å². The predicted molar refractivity (Wildman–Crippen MR) is 78.7 cm³/mol. The number of nitrogens with one attached hydrogen (secondary N) is 1. The fourth-order valence-corrected chi connectivity index (χ4v) is 4.46. The van der Waals surface area contributed by atoms with Crippen molar-refractivity contribution in [2.45, 2.75) is 64.3 Å². The molecule has 0 aromatic heterocycles. The van der Waals surface area contributed by atoms with Crippen molar-refractivity contribution in [1.82, 2.24) is 5.32 Å². The topological polar surface area (TPSA) is 12.0 Å². The van der Waals surface area contributed by atoms with E-state index in [0.29, 0.717) is 0 Å². The lowest BCUT2D eigenvalue weighted by molar-refractivity contribution is 0.167. The first-order valence-corrected chi connectivity index (χ1v) is 8.86. The molecule has 0 heterocycles. The van der Waals surface area contributed by atoms with E-state index in [9.17, 15) is 0 Å². The van der Waals surface area contributed by atoms with Gasteiger partial charge in [0.25, 0.3) is 0 Å². The van der Waals surface area contributed by atoms with E-state index < -0.39 is 0 Å². The van der Waals surface area contributed by atoms with Gasteiger partial charge in [0.05, 0.1) is 0 Å². The van der Waals surface area contributed by atoms with Gasteiger partial charge in [-0.3, -0.25) is 0 Å². The van der Waals surface area contributed by atoms with Gasteiger partial charge in [-0.1, -0.05) is 19.8 Å². The van der Waals surface area contributed by atoms with Crippen LogP contribution in [0.25, 0.3) is 0 Å². The third-order valence-corrected chi connectivity index (χ3v) is 5.82. The molecule has 2 saturated carbocycles. The van der Waals surface area contributed by atoms with E-state index in [0.717, 1.165) is 17.4 Å². The second-order valence-corrected chi connectivity index (χ2v) is 7.36. The Labute approximate surface area is 112 Å². The highest BCUT2D eigenvalue weighted by atomic mass is 32.2. The summed E-state index contributed by atoms with van der Waals surface area (Å²) in [5, 5.41) is 3.80. The van der Waals surface area contributed by atoms with Crippen molar-refractivity contribution in [2.75, 3.05) is 18.6 Å². The molecule has 0 radical (unpaired) electrons. The second-order valence-electron chi connectivity index (χ2n) is 6.45. The quantitative estimate of drug-likeness (QED) is 0.794. The summed E-state index contributed by atoms with van der Waals surface area (Å²) in [5.74, 6) is 2.12. The zero-order chi connectivity index (χ0) is 12.1. The number of hydrogen-bond acceptors (Lipinski definition) is 2. The minimum absolute atomic E-state index is 0.795. The van der Waals surface area contributed by atoms with Crippen LogP contribution in [0.2, 0.25) is 0 Å². The van der Waals surface area contributed by atoms with Gasteiger partial charge in [0.1, 0.15) is 0 Å². The van der Waals surface area contributed by atoms with Crippen LogP contribution < -0.4 is 5.32 Å². The van der Waals surface area contributed by atoms with Crippen molar-refractivity contribution in [2.24, 2.45) is 11.3 Å². The lowest BCUT2D eigenvalue weighted by Gasteiger charge is -2.38. The zero-order valence-corrected chi connectivity index (χ0v) is 12.5. The molecular weight excluding hydrogens is 226 g/mol. The molecule has 2 heteroatoms. The average molecular weight is 255 g/mol. The summed E-state index contributed by atoms with van der Waals surface area (Å²) >= 11 is 1.97. The van der Waals surface area contributed by atoms with Crippen molar-refractivity contribution in [3.8, 4) is 0 Å². The predicted octanol–water partition coefficient (Wildman–Crippen LogP) is 4.08. The summed E-state index contributed by atoms with van der Waals surface area (Å²) in [6, 6.07) is 0.825. The molecule has 2 aliphatic carbocycles. The van der Waals surface area contributed by atoms with Crippen LogP contribution in [0.4, 0.5) is 0 Å². The van der Waals surface area contributed by atoms with Gasteiger partial charge in [0, 0.05) is 6.04 Å². The second kappa shape index (κ2) is 6.47. The van der Waals surface area contributed by atoms with Gasteiger partial charge in [-0.05, 0) is 68.4 Å². The molecule has 100 valence electrons. The monoisotopic (exact) mass is 255 g/mol. The SMILES string of the molecule is CSCC(C)CNC1CCC2(CCCC2)CC1. The minimum Gasteiger partial charge on any atom is -0.314 e. The molecule has 0 aromatic rings. The van der Waals surface area contributed by atoms with Crippen LogP contribution in [0.1, 0.15) is 58.3 Å². The van der Waals surface area contributed by atoms with Gasteiger partial charge >= 0.3 is 0 Å². The standard InChI is InChI=1S/C15H29NS/c1-13(12-17-2)11-16-14-5-9-15(10-6-14)7-3-4-8-15/h13-14,16H,3-12H2,1-2H3. The van der Waals surface area contributed by atoms with Gasteiger partial charge in [0.2, 0.25) is 0 Å². The third kappa shape index (κ3) is 3.89. The summed E-state index contributed by atoms with van der Waals surface area (Å²) in [7, 11) is 0. The maximum atomic E-state index is 3.80. The highest BCUT2D eigenvalue weighted by Crippen LogP contribution is 2.48. The first-order valence-electron chi connectivity index (χ1n) is 7.46. The van der Waals surface area contributed by atoms with E-state index in [-0.39, 0.29) is 0 Å². The van der Waals surface area contributed by atoms with E-state index in [1.165, 1.54) is 63.7 Å². The van der Waals surface area contributed by atoms with Crippen LogP contribution in [-0.4, -0.2) is 24.6 Å². The van der Waals surface area contributed by atoms with Crippen molar-refractivity contribution in [3.63, 3.8) is 0 Å². The summed E-state index contributed by atoms with van der Waals surface area (Å²) in [5.41, 5.74) is 0.795. The van der Waals surface area contributed by atoms with Gasteiger partial charge in [-0.2, -0.15) is 11.8 Å². The smallest absolute Gasteiger partial charge is 0.00675 e. The molecule has 1 N–H and O–H groups in total. The molecule has 1 unspecified atom stereocenters. The van der Waals surface area contributed by atoms with E-state index in [1.807, 2.05) is 11.8 Å². The average Bonchev–Trinajstić information content (AvgIpc) is 2.78. The van der Waals surface area contributed by atoms with Crippen molar-refractivity contribution >= 4 is 11.8 Å². The molecule has 0 saturated heterocycles. The molecular formula is C15H29NS. The molecule has 2 fully saturated rings. The Morgan fingerprint density at radius 1 is 1.18 bits per heavy atom. The van der Waals surface area contributed by atoms with E-state index in [1.54, 1.807) is 0 Å². The Balaban J connectivity index is 1.65. The van der Waals surface area contributed by atoms with E-state index >= 15 is 0 Å². The number of hydrogen-bond donors (Lipinski definition) is 1. The maximum absolute atomic E-state index is 3.80. The van der Waals surface area contributed by atoms with Crippen LogP contribution >= 0.6 is 11.8 Å². The Morgan fingerprint density at radius 2 is 1.82 bits per heavy atom. The van der Waals surface area contributed by atoms with Gasteiger partial charge in [0.15, 0.2) is 0 Å². The summed E-state index contributed by atoms with van der Waals surface area (Å²) < 4.78 is 0. The molecule has 0 aliphatic heterocycles. The molecule has 17 heavy (non-hydrogen) atoms. The summed E-state index contributed by atoms with van der Waals surface area (Å²) in [6.45, 7) is 3.59. The normalized spacial score (nSPS) is 26.5. The van der Waals surface area contributed by atoms with Crippen molar-refractivity contribution in [3.05, 3.63) is 0 Å². The molecule has 0 amide bonds. The van der Waals surface area contributed by atoms with Gasteiger partial charge < -0.3 is 5.32 Å². The maximum Gasteiger partial charge on any atom is 0.00675 e. The molecule has 1 nitrogen and oxygen atoms in total. The molecule has 1 spiro atoms. The first kappa shape index (κ1) is 13.7. The van der Waals surface area contributed by atoms with Crippen LogP contribution in [0.15, 0.2) is 0 Å². The van der Waals surface area contributed by atoms with Crippen LogP contribution in [0.5, 0.6) is 0 Å². The number of thioether (sulfide) groups is 1. The van der Waals surface area contributed by atoms with Crippen molar-refractivity contribution in [1.29, 1.82) is 0 Å². The highest BCUT2D eigenvalue weighted by Gasteiger charge is 2.37. The lowest BCUT2D eigenvalue weighted by atomic mass is 9.71. The fraction of sp³-hybridized carbons (Fsp3) is 1.00. The summed E-state index contributed by atoms with van der Waals surface area (Å²) in [4.78, 5) is 0. The fourth-order valence-electron chi connectivity index (χ4n) is 3.77. The first-order chi connectivity index (χ1) is 8.24. The van der Waals surface area contributed by atoms with Crippen LogP contribution in [0.3, 0.4) is 0 Å². The Bertz CT molecular complexity index is 213. The molecule has 2 aliphatic rings. The molecule has 2 rings (SSSR count). The molecule has 0 bridgehead atoms. The van der Waals surface area contributed by atoms with Crippen LogP contribution in [0, 0.1) is 11.3 Å². The Kier molecular flexibility index (Phi) is 5.23. The zero-order valence-electron chi connectivity index (χ0n) is 11.6. The Hall–Kier alpha value is 0.310. The van der Waals surface area contributed by atoms with Gasteiger partial charge in [-0.25, -0.2) is 0 Å². The highest BCUT2D eigenvalue weighted by molar-refractivity contribution is 7.98. The van der Waals surface area contributed by atoms with E-state index in [4.69, 9.17) is 0 Å². The van der Waals surface area contributed by atoms with E-state index in [2.05, 4.69) is 18.5 Å². The lowest BCUT2D eigenvalue weighted by Crippen LogP contribution is -2.38. The van der Waals surface area contributed by atoms with Crippen LogP contribution in [-0.2, 0) is 0 Å². The molecule has 1 atom stereocenters. The van der Waals surface area contributed by atoms with Crippen molar-refractivity contribution < 1.29 is 0 Å².